The number of nitrogens with zero attached hydrogens (tertiary/aromatic N) is 1. The number of rotatable bonds is 9. The van der Waals surface area contributed by atoms with Gasteiger partial charge in [-0.2, -0.15) is 0 Å². The minimum atomic E-state index is -0.457. The standard InChI is InChI=1S/C23H25N3O4/c24-18-12-17(13-19(25)14-18)23(29)30-11-7-2-1-6-10-26-21(27)15-20(22(26)28)16-8-4-3-5-9-16/h3-5,8-9,12-15H,1-2,6-7,10-11,24-25H2. The summed E-state index contributed by atoms with van der Waals surface area (Å²) in [6.07, 6.45) is 4.44. The molecule has 1 aliphatic heterocycles. The Hall–Kier alpha value is -3.61. The number of unbranched alkanes of at least 4 members (excludes halogenated alkanes) is 3. The van der Waals surface area contributed by atoms with Gasteiger partial charge in [-0.1, -0.05) is 36.8 Å². The predicted molar refractivity (Wildman–Crippen MR) is 115 cm³/mol. The van der Waals surface area contributed by atoms with Crippen molar-refractivity contribution in [3.05, 3.63) is 65.7 Å². The monoisotopic (exact) mass is 407 g/mol. The molecule has 2 amide bonds. The first-order chi connectivity index (χ1) is 14.5. The van der Waals surface area contributed by atoms with E-state index in [9.17, 15) is 14.4 Å². The zero-order valence-corrected chi connectivity index (χ0v) is 16.7. The van der Waals surface area contributed by atoms with E-state index in [1.165, 1.54) is 23.1 Å². The second-order valence-corrected chi connectivity index (χ2v) is 7.16. The van der Waals surface area contributed by atoms with Crippen LogP contribution in [0.2, 0.25) is 0 Å². The highest BCUT2D eigenvalue weighted by atomic mass is 16.5. The molecule has 1 heterocycles. The van der Waals surface area contributed by atoms with Gasteiger partial charge in [0.1, 0.15) is 0 Å². The number of hydrogen-bond acceptors (Lipinski definition) is 6. The number of imide groups is 1. The maximum absolute atomic E-state index is 12.5. The van der Waals surface area contributed by atoms with Gasteiger partial charge in [0, 0.05) is 24.0 Å². The highest BCUT2D eigenvalue weighted by molar-refractivity contribution is 6.33. The van der Waals surface area contributed by atoms with Crippen LogP contribution in [0.5, 0.6) is 0 Å². The third kappa shape index (κ3) is 5.26. The molecule has 0 saturated heterocycles. The summed E-state index contributed by atoms with van der Waals surface area (Å²) in [5.74, 6) is -0.975. The van der Waals surface area contributed by atoms with Crippen molar-refractivity contribution in [3.63, 3.8) is 0 Å². The molecule has 0 aromatic heterocycles. The largest absolute Gasteiger partial charge is 0.462 e. The fourth-order valence-corrected chi connectivity index (χ4v) is 3.31. The second kappa shape index (κ2) is 9.73. The lowest BCUT2D eigenvalue weighted by atomic mass is 10.1. The molecule has 2 aromatic rings. The number of ether oxygens (including phenoxy) is 1. The summed E-state index contributed by atoms with van der Waals surface area (Å²) in [6, 6.07) is 13.8. The predicted octanol–water partition coefficient (Wildman–Crippen LogP) is 3.02. The van der Waals surface area contributed by atoms with Gasteiger partial charge in [0.25, 0.3) is 11.8 Å². The van der Waals surface area contributed by atoms with Crippen LogP contribution >= 0.6 is 0 Å². The number of anilines is 2. The van der Waals surface area contributed by atoms with Gasteiger partial charge in [0.2, 0.25) is 0 Å². The third-order valence-corrected chi connectivity index (χ3v) is 4.82. The summed E-state index contributed by atoms with van der Waals surface area (Å²) in [6.45, 7) is 0.668. The van der Waals surface area contributed by atoms with E-state index < -0.39 is 5.97 Å². The zero-order chi connectivity index (χ0) is 21.5. The fraction of sp³-hybridized carbons (Fsp3) is 0.261. The van der Waals surface area contributed by atoms with Crippen LogP contribution in [-0.4, -0.2) is 35.8 Å². The van der Waals surface area contributed by atoms with E-state index in [-0.39, 0.29) is 18.4 Å². The normalized spacial score (nSPS) is 13.5. The summed E-state index contributed by atoms with van der Waals surface area (Å²) in [4.78, 5) is 37.9. The SMILES string of the molecule is Nc1cc(N)cc(C(=O)OCCCCCCN2C(=O)C=C(c3ccccc3)C2=O)c1. The van der Waals surface area contributed by atoms with Gasteiger partial charge in [-0.05, 0) is 43.0 Å². The molecule has 156 valence electrons. The zero-order valence-electron chi connectivity index (χ0n) is 16.7. The van der Waals surface area contributed by atoms with Crippen molar-refractivity contribution in [1.29, 1.82) is 0 Å². The van der Waals surface area contributed by atoms with Gasteiger partial charge in [-0.3, -0.25) is 14.5 Å². The summed E-state index contributed by atoms with van der Waals surface area (Å²) >= 11 is 0. The number of carbonyl (C=O) groups is 3. The molecule has 0 aliphatic carbocycles. The maximum atomic E-state index is 12.5. The Morgan fingerprint density at radius 2 is 1.57 bits per heavy atom. The summed E-state index contributed by atoms with van der Waals surface area (Å²) < 4.78 is 5.24. The number of carbonyl (C=O) groups excluding carboxylic acids is 3. The van der Waals surface area contributed by atoms with Gasteiger partial charge in [0.05, 0.1) is 17.7 Å². The Bertz CT molecular complexity index is 949. The summed E-state index contributed by atoms with van der Waals surface area (Å²) in [5.41, 5.74) is 13.7. The molecule has 7 nitrogen and oxygen atoms in total. The molecule has 2 aromatic carbocycles. The van der Waals surface area contributed by atoms with E-state index >= 15 is 0 Å². The van der Waals surface area contributed by atoms with Gasteiger partial charge in [-0.25, -0.2) is 4.79 Å². The average molecular weight is 407 g/mol. The molecule has 0 fully saturated rings. The number of nitrogens with two attached hydrogens (primary N) is 2. The van der Waals surface area contributed by atoms with Crippen molar-refractivity contribution in [3.8, 4) is 0 Å². The van der Waals surface area contributed by atoms with Crippen LogP contribution in [0.1, 0.15) is 41.6 Å². The molecule has 3 rings (SSSR count). The van der Waals surface area contributed by atoms with Gasteiger partial charge in [-0.15, -0.1) is 0 Å². The number of nitrogen functional groups attached to an aromatic ring is 2. The van der Waals surface area contributed by atoms with E-state index in [0.717, 1.165) is 18.4 Å². The van der Waals surface area contributed by atoms with Crippen LogP contribution in [-0.2, 0) is 14.3 Å². The first kappa shape index (κ1) is 21.1. The van der Waals surface area contributed by atoms with Crippen LogP contribution in [0.15, 0.2) is 54.6 Å². The van der Waals surface area contributed by atoms with Crippen LogP contribution in [0.25, 0.3) is 5.57 Å². The molecule has 0 spiro atoms. The molecule has 7 heteroatoms. The lowest BCUT2D eigenvalue weighted by Crippen LogP contribution is -2.31. The van der Waals surface area contributed by atoms with Crippen molar-refractivity contribution in [1.82, 2.24) is 4.90 Å². The number of benzene rings is 2. The topological polar surface area (TPSA) is 116 Å². The number of esters is 1. The van der Waals surface area contributed by atoms with Crippen LogP contribution < -0.4 is 11.5 Å². The Morgan fingerprint density at radius 3 is 2.27 bits per heavy atom. The molecule has 0 atom stereocenters. The molecular formula is C23H25N3O4. The third-order valence-electron chi connectivity index (χ3n) is 4.82. The molecule has 0 bridgehead atoms. The molecule has 0 saturated carbocycles. The maximum Gasteiger partial charge on any atom is 0.338 e. The molecule has 30 heavy (non-hydrogen) atoms. The second-order valence-electron chi connectivity index (χ2n) is 7.16. The lowest BCUT2D eigenvalue weighted by Gasteiger charge is -2.14. The molecule has 4 N–H and O–H groups in total. The van der Waals surface area contributed by atoms with Crippen LogP contribution in [0.4, 0.5) is 11.4 Å². The van der Waals surface area contributed by atoms with Crippen molar-refractivity contribution in [2.45, 2.75) is 25.7 Å². The van der Waals surface area contributed by atoms with E-state index in [1.54, 1.807) is 6.07 Å². The minimum Gasteiger partial charge on any atom is -0.462 e. The highest BCUT2D eigenvalue weighted by Crippen LogP contribution is 2.23. The Kier molecular flexibility index (Phi) is 6.85. The fourth-order valence-electron chi connectivity index (χ4n) is 3.31. The molecular weight excluding hydrogens is 382 g/mol. The smallest absolute Gasteiger partial charge is 0.338 e. The summed E-state index contributed by atoms with van der Waals surface area (Å²) in [7, 11) is 0. The lowest BCUT2D eigenvalue weighted by molar-refractivity contribution is -0.136. The Balaban J connectivity index is 1.34. The van der Waals surface area contributed by atoms with E-state index in [0.29, 0.717) is 41.9 Å². The van der Waals surface area contributed by atoms with Crippen molar-refractivity contribution in [2.75, 3.05) is 24.6 Å². The highest BCUT2D eigenvalue weighted by Gasteiger charge is 2.30. The Morgan fingerprint density at radius 1 is 0.900 bits per heavy atom. The summed E-state index contributed by atoms with van der Waals surface area (Å²) in [5, 5.41) is 0. The average Bonchev–Trinajstić information content (AvgIpc) is 3.01. The first-order valence-corrected chi connectivity index (χ1v) is 9.92. The van der Waals surface area contributed by atoms with Crippen molar-refractivity contribution >= 4 is 34.7 Å². The van der Waals surface area contributed by atoms with Crippen molar-refractivity contribution in [2.24, 2.45) is 0 Å². The molecule has 0 radical (unpaired) electrons. The Labute approximate surface area is 175 Å². The van der Waals surface area contributed by atoms with E-state index in [2.05, 4.69) is 0 Å². The quantitative estimate of drug-likeness (QED) is 0.286. The molecule has 0 unspecified atom stereocenters. The van der Waals surface area contributed by atoms with Gasteiger partial charge < -0.3 is 16.2 Å². The van der Waals surface area contributed by atoms with Crippen molar-refractivity contribution < 1.29 is 19.1 Å². The van der Waals surface area contributed by atoms with E-state index in [1.807, 2.05) is 30.3 Å². The number of hydrogen-bond donors (Lipinski definition) is 2. The van der Waals surface area contributed by atoms with Gasteiger partial charge in [0.15, 0.2) is 0 Å². The first-order valence-electron chi connectivity index (χ1n) is 9.92. The van der Waals surface area contributed by atoms with E-state index in [4.69, 9.17) is 16.2 Å². The number of amides is 2. The van der Waals surface area contributed by atoms with Crippen LogP contribution in [0.3, 0.4) is 0 Å². The molecule has 1 aliphatic rings. The van der Waals surface area contributed by atoms with Crippen LogP contribution in [0, 0.1) is 0 Å². The minimum absolute atomic E-state index is 0.249. The van der Waals surface area contributed by atoms with Gasteiger partial charge >= 0.3 is 5.97 Å².